The Balaban J connectivity index is 2.57. The SMILES string of the molecule is O=Cc1nc(Cl)sc1-c1cccc(F)c1. The average molecular weight is 242 g/mol. The van der Waals surface area contributed by atoms with Crippen molar-refractivity contribution < 1.29 is 9.18 Å². The second-order valence-electron chi connectivity index (χ2n) is 2.81. The van der Waals surface area contributed by atoms with Crippen molar-refractivity contribution in [2.75, 3.05) is 0 Å². The van der Waals surface area contributed by atoms with Crippen LogP contribution in [0.4, 0.5) is 4.39 Å². The molecule has 0 fully saturated rings. The molecule has 2 nitrogen and oxygen atoms in total. The van der Waals surface area contributed by atoms with Gasteiger partial charge in [0.25, 0.3) is 0 Å². The molecule has 0 bridgehead atoms. The van der Waals surface area contributed by atoms with Crippen molar-refractivity contribution in [1.29, 1.82) is 0 Å². The van der Waals surface area contributed by atoms with Crippen LogP contribution in [0.5, 0.6) is 0 Å². The first-order chi connectivity index (χ1) is 7.20. The van der Waals surface area contributed by atoms with Crippen molar-refractivity contribution >= 4 is 29.2 Å². The van der Waals surface area contributed by atoms with Crippen LogP contribution < -0.4 is 0 Å². The summed E-state index contributed by atoms with van der Waals surface area (Å²) in [4.78, 5) is 15.1. The lowest BCUT2D eigenvalue weighted by Gasteiger charge is -1.97. The predicted molar refractivity (Wildman–Crippen MR) is 57.9 cm³/mol. The smallest absolute Gasteiger partial charge is 0.184 e. The van der Waals surface area contributed by atoms with Crippen LogP contribution in [-0.2, 0) is 0 Å². The van der Waals surface area contributed by atoms with Crippen LogP contribution in [0.3, 0.4) is 0 Å². The van der Waals surface area contributed by atoms with Gasteiger partial charge in [-0.25, -0.2) is 9.37 Å². The molecule has 2 aromatic rings. The molecule has 0 radical (unpaired) electrons. The minimum atomic E-state index is -0.353. The number of rotatable bonds is 2. The molecule has 76 valence electrons. The molecule has 0 aliphatic carbocycles. The van der Waals surface area contributed by atoms with Crippen LogP contribution in [0.2, 0.25) is 4.47 Å². The Bertz CT molecular complexity index is 512. The van der Waals surface area contributed by atoms with E-state index in [9.17, 15) is 9.18 Å². The zero-order chi connectivity index (χ0) is 10.8. The van der Waals surface area contributed by atoms with Crippen LogP contribution in [0.25, 0.3) is 10.4 Å². The lowest BCUT2D eigenvalue weighted by atomic mass is 10.1. The first-order valence-corrected chi connectivity index (χ1v) is 5.27. The molecule has 1 aromatic carbocycles. The Kier molecular flexibility index (Phi) is 2.79. The summed E-state index contributed by atoms with van der Waals surface area (Å²) in [7, 11) is 0. The van der Waals surface area contributed by atoms with Gasteiger partial charge in [-0.3, -0.25) is 4.79 Å². The maximum absolute atomic E-state index is 13.0. The fourth-order valence-electron chi connectivity index (χ4n) is 1.22. The number of carbonyl (C=O) groups is 1. The summed E-state index contributed by atoms with van der Waals surface area (Å²) in [5.74, 6) is -0.353. The number of thiazole rings is 1. The Morgan fingerprint density at radius 3 is 2.93 bits per heavy atom. The third-order valence-electron chi connectivity index (χ3n) is 1.83. The third-order valence-corrected chi connectivity index (χ3v) is 3.05. The topological polar surface area (TPSA) is 30.0 Å². The number of nitrogens with zero attached hydrogens (tertiary/aromatic N) is 1. The molecule has 0 N–H and O–H groups in total. The quantitative estimate of drug-likeness (QED) is 0.754. The maximum atomic E-state index is 13.0. The van der Waals surface area contributed by atoms with E-state index in [1.807, 2.05) is 0 Å². The molecular weight excluding hydrogens is 237 g/mol. The molecule has 0 spiro atoms. The average Bonchev–Trinajstić information content (AvgIpc) is 2.59. The number of aromatic nitrogens is 1. The molecule has 0 amide bonds. The van der Waals surface area contributed by atoms with Gasteiger partial charge in [-0.2, -0.15) is 0 Å². The molecule has 0 saturated heterocycles. The second kappa shape index (κ2) is 4.08. The highest BCUT2D eigenvalue weighted by atomic mass is 35.5. The largest absolute Gasteiger partial charge is 0.296 e. The van der Waals surface area contributed by atoms with E-state index in [4.69, 9.17) is 11.6 Å². The highest BCUT2D eigenvalue weighted by Crippen LogP contribution is 2.32. The first-order valence-electron chi connectivity index (χ1n) is 4.08. The van der Waals surface area contributed by atoms with Gasteiger partial charge < -0.3 is 0 Å². The number of halogens is 2. The van der Waals surface area contributed by atoms with Gasteiger partial charge in [0.1, 0.15) is 11.5 Å². The van der Waals surface area contributed by atoms with Gasteiger partial charge in [0.2, 0.25) is 0 Å². The van der Waals surface area contributed by atoms with Gasteiger partial charge in [-0.15, -0.1) is 11.3 Å². The fraction of sp³-hybridized carbons (Fsp3) is 0. The van der Waals surface area contributed by atoms with Crippen LogP contribution in [0, 0.1) is 5.82 Å². The summed E-state index contributed by atoms with van der Waals surface area (Å²) in [5.41, 5.74) is 0.858. The maximum Gasteiger partial charge on any atom is 0.184 e. The second-order valence-corrected chi connectivity index (χ2v) is 4.39. The van der Waals surface area contributed by atoms with E-state index < -0.39 is 0 Å². The molecule has 0 aliphatic rings. The van der Waals surface area contributed by atoms with E-state index in [0.29, 0.717) is 16.7 Å². The van der Waals surface area contributed by atoms with E-state index >= 15 is 0 Å². The van der Waals surface area contributed by atoms with Crippen LogP contribution in [0.15, 0.2) is 24.3 Å². The monoisotopic (exact) mass is 241 g/mol. The molecule has 0 saturated carbocycles. The molecule has 0 aliphatic heterocycles. The zero-order valence-electron chi connectivity index (χ0n) is 7.41. The van der Waals surface area contributed by atoms with Gasteiger partial charge in [-0.05, 0) is 17.7 Å². The van der Waals surface area contributed by atoms with Crippen molar-refractivity contribution in [2.45, 2.75) is 0 Å². The molecular formula is C10H5ClFNOS. The van der Waals surface area contributed by atoms with E-state index in [1.165, 1.54) is 12.1 Å². The van der Waals surface area contributed by atoms with Gasteiger partial charge in [0.15, 0.2) is 10.8 Å². The van der Waals surface area contributed by atoms with E-state index in [2.05, 4.69) is 4.98 Å². The summed E-state index contributed by atoms with van der Waals surface area (Å²) in [6, 6.07) is 5.97. The highest BCUT2D eigenvalue weighted by Gasteiger charge is 2.11. The van der Waals surface area contributed by atoms with Crippen molar-refractivity contribution in [2.24, 2.45) is 0 Å². The Morgan fingerprint density at radius 1 is 1.47 bits per heavy atom. The Morgan fingerprint density at radius 2 is 2.27 bits per heavy atom. The van der Waals surface area contributed by atoms with E-state index in [1.54, 1.807) is 12.1 Å². The van der Waals surface area contributed by atoms with E-state index in [-0.39, 0.29) is 16.0 Å². The Labute approximate surface area is 94.3 Å². The molecule has 0 unspecified atom stereocenters. The molecule has 1 heterocycles. The number of carbonyl (C=O) groups excluding carboxylic acids is 1. The molecule has 15 heavy (non-hydrogen) atoms. The normalized spacial score (nSPS) is 10.3. The first kappa shape index (κ1) is 10.3. The summed E-state index contributed by atoms with van der Waals surface area (Å²) in [5, 5.41) is 0. The number of aldehydes is 1. The van der Waals surface area contributed by atoms with Gasteiger partial charge in [-0.1, -0.05) is 23.7 Å². The standard InChI is InChI=1S/C10H5ClFNOS/c11-10-13-8(5-14)9(15-10)6-2-1-3-7(12)4-6/h1-5H. The van der Waals surface area contributed by atoms with Crippen LogP contribution in [-0.4, -0.2) is 11.3 Å². The number of hydrogen-bond acceptors (Lipinski definition) is 3. The fourth-order valence-corrected chi connectivity index (χ4v) is 2.30. The Hall–Kier alpha value is -1.26. The van der Waals surface area contributed by atoms with Crippen molar-refractivity contribution in [3.8, 4) is 10.4 Å². The predicted octanol–water partition coefficient (Wildman–Crippen LogP) is 3.42. The molecule has 2 rings (SSSR count). The van der Waals surface area contributed by atoms with Crippen molar-refractivity contribution in [1.82, 2.24) is 4.98 Å². The zero-order valence-corrected chi connectivity index (χ0v) is 8.98. The lowest BCUT2D eigenvalue weighted by molar-refractivity contribution is 0.112. The van der Waals surface area contributed by atoms with Crippen molar-refractivity contribution in [3.63, 3.8) is 0 Å². The minimum absolute atomic E-state index is 0.246. The molecule has 0 atom stereocenters. The van der Waals surface area contributed by atoms with Gasteiger partial charge in [0.05, 0.1) is 4.88 Å². The van der Waals surface area contributed by atoms with Crippen LogP contribution in [0.1, 0.15) is 10.5 Å². The van der Waals surface area contributed by atoms with E-state index in [0.717, 1.165) is 11.3 Å². The van der Waals surface area contributed by atoms with Gasteiger partial charge in [0, 0.05) is 0 Å². The molecule has 5 heteroatoms. The minimum Gasteiger partial charge on any atom is -0.296 e. The van der Waals surface area contributed by atoms with Crippen LogP contribution >= 0.6 is 22.9 Å². The lowest BCUT2D eigenvalue weighted by Crippen LogP contribution is -1.84. The summed E-state index contributed by atoms with van der Waals surface area (Å²) in [6.45, 7) is 0. The summed E-state index contributed by atoms with van der Waals surface area (Å²) in [6.07, 6.45) is 0.614. The highest BCUT2D eigenvalue weighted by molar-refractivity contribution is 7.19. The summed E-state index contributed by atoms with van der Waals surface area (Å²) < 4.78 is 13.2. The summed E-state index contributed by atoms with van der Waals surface area (Å²) >= 11 is 6.85. The van der Waals surface area contributed by atoms with Gasteiger partial charge >= 0.3 is 0 Å². The number of benzene rings is 1. The van der Waals surface area contributed by atoms with Crippen molar-refractivity contribution in [3.05, 3.63) is 40.2 Å². The molecule has 1 aromatic heterocycles. The third kappa shape index (κ3) is 2.06. The number of hydrogen-bond donors (Lipinski definition) is 0.